The van der Waals surface area contributed by atoms with E-state index >= 15 is 0 Å². The van der Waals surface area contributed by atoms with Gasteiger partial charge in [-0.15, -0.1) is 0 Å². The number of methoxy groups -OCH3 is 1. The molecule has 0 saturated carbocycles. The summed E-state index contributed by atoms with van der Waals surface area (Å²) in [5, 5.41) is 0. The summed E-state index contributed by atoms with van der Waals surface area (Å²) in [6.07, 6.45) is 0.275. The molecule has 0 aliphatic carbocycles. The third kappa shape index (κ3) is 3.16. The van der Waals surface area contributed by atoms with E-state index in [1.165, 1.54) is 12.7 Å². The summed E-state index contributed by atoms with van der Waals surface area (Å²) in [5.74, 6) is -0.234. The first-order chi connectivity index (χ1) is 8.61. The first kappa shape index (κ1) is 15.7. The molecule has 0 aromatic heterocycles. The lowest BCUT2D eigenvalue weighted by atomic mass is 9.65. The van der Waals surface area contributed by atoms with Crippen molar-refractivity contribution in [2.45, 2.75) is 52.0 Å². The van der Waals surface area contributed by atoms with E-state index in [1.807, 2.05) is 27.7 Å². The van der Waals surface area contributed by atoms with Crippen LogP contribution in [0.5, 0.6) is 0 Å². The Morgan fingerprint density at radius 2 is 1.84 bits per heavy atom. The average Bonchev–Trinajstić information content (AvgIpc) is 2.30. The first-order valence-corrected chi connectivity index (χ1v) is 6.55. The van der Waals surface area contributed by atoms with Crippen LogP contribution in [0.4, 0.5) is 0 Å². The standard InChI is InChI=1S/C16H25NO2/c1-11-7-8-12(2)13(9-11)16(5,15(3,4)17)10-14(18)19-6/h7-9H,10,17H2,1-6H3. The van der Waals surface area contributed by atoms with Gasteiger partial charge in [0.2, 0.25) is 0 Å². The second kappa shape index (κ2) is 5.33. The second-order valence-electron chi connectivity index (χ2n) is 6.13. The Hall–Kier alpha value is -1.35. The van der Waals surface area contributed by atoms with E-state index < -0.39 is 11.0 Å². The molecule has 1 aromatic rings. The van der Waals surface area contributed by atoms with E-state index in [0.717, 1.165) is 11.1 Å². The van der Waals surface area contributed by atoms with Crippen molar-refractivity contribution in [1.82, 2.24) is 0 Å². The van der Waals surface area contributed by atoms with E-state index in [2.05, 4.69) is 25.1 Å². The van der Waals surface area contributed by atoms with E-state index in [-0.39, 0.29) is 12.4 Å². The monoisotopic (exact) mass is 263 g/mol. The number of carbonyl (C=O) groups is 1. The second-order valence-corrected chi connectivity index (χ2v) is 6.13. The Balaban J connectivity index is 3.39. The molecule has 2 N–H and O–H groups in total. The minimum absolute atomic E-state index is 0.234. The summed E-state index contributed by atoms with van der Waals surface area (Å²) in [6.45, 7) is 10.0. The summed E-state index contributed by atoms with van der Waals surface area (Å²) < 4.78 is 4.84. The molecule has 0 spiro atoms. The Kier molecular flexibility index (Phi) is 4.41. The summed E-state index contributed by atoms with van der Waals surface area (Å²) in [6, 6.07) is 6.26. The average molecular weight is 263 g/mol. The van der Waals surface area contributed by atoms with Crippen molar-refractivity contribution < 1.29 is 9.53 Å². The van der Waals surface area contributed by atoms with Crippen molar-refractivity contribution in [3.8, 4) is 0 Å². The van der Waals surface area contributed by atoms with Crippen molar-refractivity contribution in [3.05, 3.63) is 34.9 Å². The van der Waals surface area contributed by atoms with Crippen LogP contribution in [0.1, 0.15) is 43.9 Å². The van der Waals surface area contributed by atoms with Gasteiger partial charge in [0.1, 0.15) is 0 Å². The maximum atomic E-state index is 11.8. The maximum Gasteiger partial charge on any atom is 0.306 e. The molecule has 3 heteroatoms. The minimum atomic E-state index is -0.528. The number of ether oxygens (including phenoxy) is 1. The number of esters is 1. The third-order valence-corrected chi connectivity index (χ3v) is 4.14. The maximum absolute atomic E-state index is 11.8. The molecule has 1 unspecified atom stereocenters. The lowest BCUT2D eigenvalue weighted by Gasteiger charge is -2.42. The molecule has 3 nitrogen and oxygen atoms in total. The Morgan fingerprint density at radius 1 is 1.26 bits per heavy atom. The molecule has 0 amide bonds. The number of rotatable bonds is 4. The zero-order valence-corrected chi connectivity index (χ0v) is 12.8. The lowest BCUT2D eigenvalue weighted by molar-refractivity contribution is -0.142. The molecule has 1 atom stereocenters. The smallest absolute Gasteiger partial charge is 0.306 e. The molecule has 0 bridgehead atoms. The number of hydrogen-bond donors (Lipinski definition) is 1. The van der Waals surface area contributed by atoms with Crippen LogP contribution in [0.25, 0.3) is 0 Å². The summed E-state index contributed by atoms with van der Waals surface area (Å²) in [7, 11) is 1.41. The van der Waals surface area contributed by atoms with Crippen LogP contribution in [0.3, 0.4) is 0 Å². The molecule has 0 saturated heterocycles. The highest BCUT2D eigenvalue weighted by atomic mass is 16.5. The van der Waals surface area contributed by atoms with Crippen LogP contribution in [-0.2, 0) is 14.9 Å². The molecule has 0 heterocycles. The van der Waals surface area contributed by atoms with E-state index in [4.69, 9.17) is 10.5 Å². The fraction of sp³-hybridized carbons (Fsp3) is 0.562. The molecule has 106 valence electrons. The van der Waals surface area contributed by atoms with Crippen LogP contribution in [0.15, 0.2) is 18.2 Å². The molecular formula is C16H25NO2. The molecule has 1 aromatic carbocycles. The van der Waals surface area contributed by atoms with Gasteiger partial charge in [-0.2, -0.15) is 0 Å². The van der Waals surface area contributed by atoms with Crippen LogP contribution in [-0.4, -0.2) is 18.6 Å². The van der Waals surface area contributed by atoms with Gasteiger partial charge < -0.3 is 10.5 Å². The van der Waals surface area contributed by atoms with Gasteiger partial charge in [-0.05, 0) is 38.8 Å². The number of benzene rings is 1. The van der Waals surface area contributed by atoms with Gasteiger partial charge in [0.15, 0.2) is 0 Å². The largest absolute Gasteiger partial charge is 0.469 e. The van der Waals surface area contributed by atoms with Crippen LogP contribution in [0, 0.1) is 13.8 Å². The fourth-order valence-electron chi connectivity index (χ4n) is 2.36. The van der Waals surface area contributed by atoms with Gasteiger partial charge in [0.05, 0.1) is 13.5 Å². The van der Waals surface area contributed by atoms with Gasteiger partial charge in [0.25, 0.3) is 0 Å². The summed E-state index contributed by atoms with van der Waals surface area (Å²) in [5.41, 5.74) is 8.80. The fourth-order valence-corrected chi connectivity index (χ4v) is 2.36. The van der Waals surface area contributed by atoms with Crippen LogP contribution < -0.4 is 5.73 Å². The normalized spacial score (nSPS) is 14.9. The van der Waals surface area contributed by atoms with Crippen molar-refractivity contribution in [1.29, 1.82) is 0 Å². The topological polar surface area (TPSA) is 52.3 Å². The number of nitrogens with two attached hydrogens (primary N) is 1. The van der Waals surface area contributed by atoms with Gasteiger partial charge in [0, 0.05) is 11.0 Å². The van der Waals surface area contributed by atoms with Gasteiger partial charge in [-0.25, -0.2) is 0 Å². The highest BCUT2D eigenvalue weighted by Crippen LogP contribution is 2.39. The number of aryl methyl sites for hydroxylation is 2. The quantitative estimate of drug-likeness (QED) is 0.850. The third-order valence-electron chi connectivity index (χ3n) is 4.14. The Morgan fingerprint density at radius 3 is 2.32 bits per heavy atom. The zero-order valence-electron chi connectivity index (χ0n) is 12.8. The predicted molar refractivity (Wildman–Crippen MR) is 78.2 cm³/mol. The molecule has 19 heavy (non-hydrogen) atoms. The first-order valence-electron chi connectivity index (χ1n) is 6.55. The molecule has 0 fully saturated rings. The van der Waals surface area contributed by atoms with Crippen molar-refractivity contribution in [2.75, 3.05) is 7.11 Å². The van der Waals surface area contributed by atoms with Crippen molar-refractivity contribution >= 4 is 5.97 Å². The molecule has 0 aliphatic heterocycles. The molecule has 0 radical (unpaired) electrons. The SMILES string of the molecule is COC(=O)CC(C)(c1cc(C)ccc1C)C(C)(C)N. The predicted octanol–water partition coefficient (Wildman–Crippen LogP) is 2.86. The Bertz CT molecular complexity index is 474. The van der Waals surface area contributed by atoms with Crippen molar-refractivity contribution in [3.63, 3.8) is 0 Å². The minimum Gasteiger partial charge on any atom is -0.469 e. The lowest BCUT2D eigenvalue weighted by Crippen LogP contribution is -2.53. The molecule has 0 aliphatic rings. The van der Waals surface area contributed by atoms with E-state index in [0.29, 0.717) is 0 Å². The van der Waals surface area contributed by atoms with Gasteiger partial charge in [-0.3, -0.25) is 4.79 Å². The highest BCUT2D eigenvalue weighted by Gasteiger charge is 2.42. The van der Waals surface area contributed by atoms with Crippen LogP contribution in [0.2, 0.25) is 0 Å². The molecule has 1 rings (SSSR count). The zero-order chi connectivity index (χ0) is 14.8. The highest BCUT2D eigenvalue weighted by molar-refractivity contribution is 5.72. The van der Waals surface area contributed by atoms with Gasteiger partial charge in [-0.1, -0.05) is 30.7 Å². The number of carbonyl (C=O) groups excluding carboxylic acids is 1. The molecular weight excluding hydrogens is 238 g/mol. The van der Waals surface area contributed by atoms with Crippen LogP contribution >= 0.6 is 0 Å². The van der Waals surface area contributed by atoms with E-state index in [1.54, 1.807) is 0 Å². The van der Waals surface area contributed by atoms with E-state index in [9.17, 15) is 4.79 Å². The summed E-state index contributed by atoms with van der Waals surface area (Å²) >= 11 is 0. The Labute approximate surface area is 116 Å². The summed E-state index contributed by atoms with van der Waals surface area (Å²) in [4.78, 5) is 11.8. The number of hydrogen-bond acceptors (Lipinski definition) is 3. The van der Waals surface area contributed by atoms with Crippen molar-refractivity contribution in [2.24, 2.45) is 5.73 Å². The van der Waals surface area contributed by atoms with Gasteiger partial charge >= 0.3 is 5.97 Å².